The van der Waals surface area contributed by atoms with Crippen LogP contribution in [-0.4, -0.2) is 37.0 Å². The highest BCUT2D eigenvalue weighted by atomic mass is 79.9. The summed E-state index contributed by atoms with van der Waals surface area (Å²) in [6.07, 6.45) is 4.17. The number of hydrogen-bond acceptors (Lipinski definition) is 9. The average molecular weight is 450 g/mol. The number of ketones is 1. The molecule has 0 radical (unpaired) electrons. The highest BCUT2D eigenvalue weighted by Gasteiger charge is 2.48. The average Bonchev–Trinajstić information content (AvgIpc) is 3.37. The standard InChI is InChI=1S/C15H8BrN5O3S2/c16-7-3-9(25-5-7)11-10(12(22)8-4-17-1-2-18-8)13(23)14(24)21(11)15-20-19-6-26-15/h1-6,11,22H/b12-10+. The fourth-order valence-electron chi connectivity index (χ4n) is 2.60. The van der Waals surface area contributed by atoms with Gasteiger partial charge in [0.2, 0.25) is 5.13 Å². The predicted octanol–water partition coefficient (Wildman–Crippen LogP) is 2.78. The fourth-order valence-corrected chi connectivity index (χ4v) is 4.73. The minimum absolute atomic E-state index is 0.0555. The van der Waals surface area contributed by atoms with E-state index in [0.29, 0.717) is 4.88 Å². The van der Waals surface area contributed by atoms with E-state index in [2.05, 4.69) is 36.1 Å². The van der Waals surface area contributed by atoms with Crippen LogP contribution in [0, 0.1) is 0 Å². The number of aromatic nitrogens is 4. The van der Waals surface area contributed by atoms with Crippen molar-refractivity contribution in [3.63, 3.8) is 0 Å². The van der Waals surface area contributed by atoms with Gasteiger partial charge in [0, 0.05) is 27.1 Å². The van der Waals surface area contributed by atoms with Crippen LogP contribution in [0.25, 0.3) is 5.76 Å². The maximum absolute atomic E-state index is 12.7. The van der Waals surface area contributed by atoms with E-state index < -0.39 is 17.7 Å². The van der Waals surface area contributed by atoms with Crippen molar-refractivity contribution in [3.05, 3.63) is 56.2 Å². The Morgan fingerprint density at radius 2 is 2.12 bits per heavy atom. The van der Waals surface area contributed by atoms with Crippen LogP contribution in [0.4, 0.5) is 5.13 Å². The number of carbonyl (C=O) groups is 2. The van der Waals surface area contributed by atoms with Crippen LogP contribution in [0.3, 0.4) is 0 Å². The Bertz CT molecular complexity index is 1020. The molecule has 1 amide bonds. The summed E-state index contributed by atoms with van der Waals surface area (Å²) < 4.78 is 0.805. The van der Waals surface area contributed by atoms with Gasteiger partial charge in [-0.25, -0.2) is 4.98 Å². The number of nitrogens with zero attached hydrogens (tertiary/aromatic N) is 5. The molecule has 3 aromatic heterocycles. The zero-order chi connectivity index (χ0) is 18.3. The molecule has 1 saturated heterocycles. The lowest BCUT2D eigenvalue weighted by molar-refractivity contribution is -0.132. The molecule has 1 N–H and O–H groups in total. The summed E-state index contributed by atoms with van der Waals surface area (Å²) in [5.41, 5.74) is 1.53. The normalized spacial score (nSPS) is 19.3. The van der Waals surface area contributed by atoms with Gasteiger partial charge in [0.15, 0.2) is 5.76 Å². The second kappa shape index (κ2) is 6.67. The van der Waals surface area contributed by atoms with Crippen molar-refractivity contribution in [3.8, 4) is 0 Å². The molecule has 11 heteroatoms. The lowest BCUT2D eigenvalue weighted by Crippen LogP contribution is -2.29. The van der Waals surface area contributed by atoms with Crippen LogP contribution in [0.5, 0.6) is 0 Å². The monoisotopic (exact) mass is 449 g/mol. The lowest BCUT2D eigenvalue weighted by Gasteiger charge is -2.20. The van der Waals surface area contributed by atoms with E-state index in [1.165, 1.54) is 40.3 Å². The van der Waals surface area contributed by atoms with E-state index in [1.807, 2.05) is 5.38 Å². The van der Waals surface area contributed by atoms with E-state index in [4.69, 9.17) is 0 Å². The Hall–Kier alpha value is -2.50. The SMILES string of the molecule is O=C1C(=O)N(c2nncs2)C(c2cc(Br)cs2)/C1=C(\O)c1cnccn1. The second-order valence-corrected chi connectivity index (χ2v) is 7.82. The maximum Gasteiger partial charge on any atom is 0.301 e. The molecule has 26 heavy (non-hydrogen) atoms. The molecule has 1 unspecified atom stereocenters. The first-order valence-corrected chi connectivity index (χ1v) is 9.70. The molecule has 0 aromatic carbocycles. The second-order valence-electron chi connectivity index (χ2n) is 5.15. The van der Waals surface area contributed by atoms with E-state index in [9.17, 15) is 14.7 Å². The zero-order valence-electron chi connectivity index (χ0n) is 12.7. The van der Waals surface area contributed by atoms with Gasteiger partial charge in [0.1, 0.15) is 17.2 Å². The van der Waals surface area contributed by atoms with Crippen LogP contribution >= 0.6 is 38.6 Å². The van der Waals surface area contributed by atoms with Gasteiger partial charge in [-0.2, -0.15) is 0 Å². The smallest absolute Gasteiger partial charge is 0.301 e. The van der Waals surface area contributed by atoms with Crippen molar-refractivity contribution >= 4 is 61.2 Å². The van der Waals surface area contributed by atoms with Crippen LogP contribution in [-0.2, 0) is 9.59 Å². The van der Waals surface area contributed by atoms with Gasteiger partial charge in [-0.3, -0.25) is 19.5 Å². The summed E-state index contributed by atoms with van der Waals surface area (Å²) in [6.45, 7) is 0. The van der Waals surface area contributed by atoms with Crippen LogP contribution in [0.2, 0.25) is 0 Å². The highest BCUT2D eigenvalue weighted by molar-refractivity contribution is 9.10. The van der Waals surface area contributed by atoms with Crippen molar-refractivity contribution in [2.45, 2.75) is 6.04 Å². The molecule has 1 fully saturated rings. The number of rotatable bonds is 3. The number of anilines is 1. The third-order valence-electron chi connectivity index (χ3n) is 3.66. The molecule has 0 bridgehead atoms. The molecule has 4 heterocycles. The molecule has 0 aliphatic carbocycles. The third-order valence-corrected chi connectivity index (χ3v) is 6.10. The van der Waals surface area contributed by atoms with E-state index >= 15 is 0 Å². The van der Waals surface area contributed by atoms with E-state index in [-0.39, 0.29) is 22.2 Å². The Balaban J connectivity index is 1.94. The molecule has 8 nitrogen and oxygen atoms in total. The third kappa shape index (κ3) is 2.73. The summed E-state index contributed by atoms with van der Waals surface area (Å²) in [4.78, 5) is 35.2. The molecular formula is C15H8BrN5O3S2. The van der Waals surface area contributed by atoms with Gasteiger partial charge in [0.05, 0.1) is 11.8 Å². The Morgan fingerprint density at radius 3 is 2.73 bits per heavy atom. The zero-order valence-corrected chi connectivity index (χ0v) is 16.0. The van der Waals surface area contributed by atoms with Crippen LogP contribution in [0.1, 0.15) is 16.6 Å². The van der Waals surface area contributed by atoms with Gasteiger partial charge in [-0.15, -0.1) is 21.5 Å². The number of thiophene rings is 1. The van der Waals surface area contributed by atoms with Gasteiger partial charge < -0.3 is 5.11 Å². The number of hydrogen-bond donors (Lipinski definition) is 1. The topological polar surface area (TPSA) is 109 Å². The predicted molar refractivity (Wildman–Crippen MR) is 98.7 cm³/mol. The van der Waals surface area contributed by atoms with Gasteiger partial charge >= 0.3 is 5.91 Å². The summed E-state index contributed by atoms with van der Waals surface area (Å²) in [6, 6.07) is 0.973. The van der Waals surface area contributed by atoms with Crippen molar-refractivity contribution < 1.29 is 14.7 Å². The maximum atomic E-state index is 12.7. The quantitative estimate of drug-likeness (QED) is 0.371. The summed E-state index contributed by atoms with van der Waals surface area (Å²) in [5, 5.41) is 20.5. The fraction of sp³-hybridized carbons (Fsp3) is 0.0667. The highest BCUT2D eigenvalue weighted by Crippen LogP contribution is 2.44. The number of halogens is 1. The summed E-state index contributed by atoms with van der Waals surface area (Å²) >= 11 is 5.86. The molecule has 4 rings (SSSR count). The first-order chi connectivity index (χ1) is 12.6. The van der Waals surface area contributed by atoms with Crippen molar-refractivity contribution in [1.82, 2.24) is 20.2 Å². The molecule has 1 aliphatic rings. The molecule has 0 spiro atoms. The number of carbonyl (C=O) groups excluding carboxylic acids is 2. The van der Waals surface area contributed by atoms with Crippen molar-refractivity contribution in [2.75, 3.05) is 4.90 Å². The minimum atomic E-state index is -0.818. The minimum Gasteiger partial charge on any atom is -0.505 e. The Kier molecular flexibility index (Phi) is 4.34. The molecule has 1 atom stereocenters. The first kappa shape index (κ1) is 16.9. The molecule has 1 aliphatic heterocycles. The summed E-state index contributed by atoms with van der Waals surface area (Å²) in [7, 11) is 0. The number of amides is 1. The van der Waals surface area contributed by atoms with E-state index in [0.717, 1.165) is 15.8 Å². The number of aliphatic hydroxyl groups excluding tert-OH is 1. The van der Waals surface area contributed by atoms with Crippen molar-refractivity contribution in [1.29, 1.82) is 0 Å². The molecule has 130 valence electrons. The van der Waals surface area contributed by atoms with E-state index in [1.54, 1.807) is 6.07 Å². The summed E-state index contributed by atoms with van der Waals surface area (Å²) in [5.74, 6) is -1.96. The van der Waals surface area contributed by atoms with Gasteiger partial charge in [-0.05, 0) is 22.0 Å². The van der Waals surface area contributed by atoms with Crippen LogP contribution < -0.4 is 4.90 Å². The Morgan fingerprint density at radius 1 is 1.27 bits per heavy atom. The van der Waals surface area contributed by atoms with Crippen molar-refractivity contribution in [2.24, 2.45) is 0 Å². The number of aliphatic hydroxyl groups is 1. The number of Topliss-reactive ketones (excluding diaryl/α,β-unsaturated/α-hetero) is 1. The first-order valence-electron chi connectivity index (χ1n) is 7.15. The van der Waals surface area contributed by atoms with Crippen LogP contribution in [0.15, 0.2) is 45.6 Å². The largest absolute Gasteiger partial charge is 0.505 e. The molecular weight excluding hydrogens is 442 g/mol. The molecule has 0 saturated carbocycles. The molecule has 3 aromatic rings. The van der Waals surface area contributed by atoms with Gasteiger partial charge in [-0.1, -0.05) is 11.3 Å². The Labute approximate surface area is 163 Å². The van der Waals surface area contributed by atoms with Gasteiger partial charge in [0.25, 0.3) is 5.78 Å². The lowest BCUT2D eigenvalue weighted by atomic mass is 10.0.